The Balaban J connectivity index is 1.66. The topological polar surface area (TPSA) is 66.8 Å². The predicted molar refractivity (Wildman–Crippen MR) is 149 cm³/mol. The zero-order valence-electron chi connectivity index (χ0n) is 21.6. The van der Waals surface area contributed by atoms with Crippen molar-refractivity contribution >= 4 is 11.9 Å². The Morgan fingerprint density at radius 1 is 0.711 bits per heavy atom. The van der Waals surface area contributed by atoms with Gasteiger partial charge in [0.05, 0.1) is 5.56 Å². The molecule has 194 valence electrons. The van der Waals surface area contributed by atoms with Crippen LogP contribution in [0.4, 0.5) is 0 Å². The van der Waals surface area contributed by atoms with Crippen LogP contribution in [0.2, 0.25) is 0 Å². The second kappa shape index (κ2) is 13.4. The van der Waals surface area contributed by atoms with E-state index in [1.165, 1.54) is 0 Å². The molecule has 0 aliphatic carbocycles. The van der Waals surface area contributed by atoms with E-state index in [-0.39, 0.29) is 24.1 Å². The number of carbonyl (C=O) groups is 2. The smallest absolute Gasteiger partial charge is 0.335 e. The monoisotopic (exact) mass is 507 g/mol. The molecule has 0 saturated heterocycles. The Morgan fingerprint density at radius 2 is 1.18 bits per heavy atom. The summed E-state index contributed by atoms with van der Waals surface area (Å²) in [7, 11) is 0. The second-order valence-electron chi connectivity index (χ2n) is 9.51. The zero-order valence-corrected chi connectivity index (χ0v) is 21.6. The lowest BCUT2D eigenvalue weighted by molar-refractivity contribution is -0.152. The summed E-state index contributed by atoms with van der Waals surface area (Å²) < 4.78 is 5.86. The summed E-state index contributed by atoms with van der Waals surface area (Å²) in [6, 6.07) is 36.2. The van der Waals surface area contributed by atoms with Gasteiger partial charge >= 0.3 is 11.9 Å². The lowest BCUT2D eigenvalue weighted by Crippen LogP contribution is -2.42. The number of hydrogen-bond acceptors (Lipinski definition) is 4. The standard InChI is InChI=1S/C33H33NO4/c1-25(29-19-11-12-20-30(29)32(35)36)21-31(33(37)38-24-28-17-9-4-10-18-28)34(22-26-13-5-2-6-14-26)23-27-15-7-3-8-16-27/h2-20,25,31H,21-24H2,1H3,(H,35,36)/t25?,31-/m0/s1. The summed E-state index contributed by atoms with van der Waals surface area (Å²) in [6.45, 7) is 3.26. The van der Waals surface area contributed by atoms with Crippen LogP contribution in [0.3, 0.4) is 0 Å². The third-order valence-corrected chi connectivity index (χ3v) is 6.69. The van der Waals surface area contributed by atoms with Crippen LogP contribution in [-0.4, -0.2) is 28.0 Å². The molecule has 2 atom stereocenters. The molecule has 0 fully saturated rings. The fourth-order valence-corrected chi connectivity index (χ4v) is 4.71. The lowest BCUT2D eigenvalue weighted by atomic mass is 9.89. The van der Waals surface area contributed by atoms with Crippen molar-refractivity contribution in [1.29, 1.82) is 0 Å². The molecule has 0 bridgehead atoms. The number of aromatic carboxylic acids is 1. The van der Waals surface area contributed by atoms with Gasteiger partial charge in [0.15, 0.2) is 0 Å². The van der Waals surface area contributed by atoms with Gasteiger partial charge in [0.1, 0.15) is 12.6 Å². The van der Waals surface area contributed by atoms with Crippen LogP contribution in [0.25, 0.3) is 0 Å². The minimum Gasteiger partial charge on any atom is -0.478 e. The quantitative estimate of drug-likeness (QED) is 0.216. The molecule has 38 heavy (non-hydrogen) atoms. The summed E-state index contributed by atoms with van der Waals surface area (Å²) in [6.07, 6.45) is 0.414. The molecule has 0 aliphatic heterocycles. The number of benzene rings is 4. The third-order valence-electron chi connectivity index (χ3n) is 6.69. The Kier molecular flexibility index (Phi) is 9.43. The molecular formula is C33H33NO4. The van der Waals surface area contributed by atoms with Gasteiger partial charge < -0.3 is 9.84 Å². The molecule has 1 unspecified atom stereocenters. The number of carbonyl (C=O) groups excluding carboxylic acids is 1. The summed E-state index contributed by atoms with van der Waals surface area (Å²) >= 11 is 0. The molecule has 4 aromatic carbocycles. The van der Waals surface area contributed by atoms with Gasteiger partial charge in [-0.15, -0.1) is 0 Å². The normalized spacial score (nSPS) is 12.6. The highest BCUT2D eigenvalue weighted by Gasteiger charge is 2.31. The van der Waals surface area contributed by atoms with Crippen LogP contribution in [0, 0.1) is 0 Å². The van der Waals surface area contributed by atoms with Crippen LogP contribution in [-0.2, 0) is 29.2 Å². The fraction of sp³-hybridized carbons (Fsp3) is 0.212. The highest BCUT2D eigenvalue weighted by molar-refractivity contribution is 5.89. The van der Waals surface area contributed by atoms with Crippen LogP contribution in [0.5, 0.6) is 0 Å². The van der Waals surface area contributed by atoms with Crippen LogP contribution in [0.1, 0.15) is 51.9 Å². The maximum atomic E-state index is 13.7. The SMILES string of the molecule is CC(C[C@@H](C(=O)OCc1ccccc1)N(Cc1ccccc1)Cc1ccccc1)c1ccccc1C(=O)O. The average Bonchev–Trinajstić information content (AvgIpc) is 2.96. The molecule has 0 aliphatic rings. The number of rotatable bonds is 12. The Bertz CT molecular complexity index is 1270. The number of ether oxygens (including phenoxy) is 1. The minimum atomic E-state index is -0.971. The summed E-state index contributed by atoms with van der Waals surface area (Å²) in [5.74, 6) is -1.48. The van der Waals surface area contributed by atoms with Crippen molar-refractivity contribution in [3.63, 3.8) is 0 Å². The summed E-state index contributed by atoms with van der Waals surface area (Å²) in [5, 5.41) is 9.76. The fourth-order valence-electron chi connectivity index (χ4n) is 4.71. The van der Waals surface area contributed by atoms with E-state index in [1.54, 1.807) is 12.1 Å². The first-order valence-electron chi connectivity index (χ1n) is 12.9. The Morgan fingerprint density at radius 3 is 1.71 bits per heavy atom. The number of nitrogens with zero attached hydrogens (tertiary/aromatic N) is 1. The minimum absolute atomic E-state index is 0.181. The number of hydrogen-bond donors (Lipinski definition) is 1. The molecule has 4 aromatic rings. The first kappa shape index (κ1) is 26.8. The van der Waals surface area contributed by atoms with Gasteiger partial charge in [-0.2, -0.15) is 0 Å². The van der Waals surface area contributed by atoms with Crippen molar-refractivity contribution in [2.45, 2.75) is 45.0 Å². The van der Waals surface area contributed by atoms with Gasteiger partial charge in [0.2, 0.25) is 0 Å². The highest BCUT2D eigenvalue weighted by Crippen LogP contribution is 2.28. The molecule has 0 radical (unpaired) electrons. The summed E-state index contributed by atoms with van der Waals surface area (Å²) in [4.78, 5) is 27.8. The average molecular weight is 508 g/mol. The molecule has 5 heteroatoms. The molecule has 0 heterocycles. The van der Waals surface area contributed by atoms with E-state index in [0.717, 1.165) is 16.7 Å². The van der Waals surface area contributed by atoms with Crippen molar-refractivity contribution in [1.82, 2.24) is 4.90 Å². The maximum Gasteiger partial charge on any atom is 0.335 e. The van der Waals surface area contributed by atoms with E-state index in [9.17, 15) is 14.7 Å². The summed E-state index contributed by atoms with van der Waals surface area (Å²) in [5.41, 5.74) is 4.06. The van der Waals surface area contributed by atoms with Crippen LogP contribution >= 0.6 is 0 Å². The van der Waals surface area contributed by atoms with E-state index >= 15 is 0 Å². The van der Waals surface area contributed by atoms with Crippen molar-refractivity contribution < 1.29 is 19.4 Å². The molecule has 0 spiro atoms. The van der Waals surface area contributed by atoms with E-state index < -0.39 is 12.0 Å². The van der Waals surface area contributed by atoms with Crippen molar-refractivity contribution in [2.24, 2.45) is 0 Å². The Hall–Kier alpha value is -4.22. The molecule has 0 saturated carbocycles. The van der Waals surface area contributed by atoms with Gasteiger partial charge in [0, 0.05) is 13.1 Å². The van der Waals surface area contributed by atoms with Gasteiger partial charge in [0.25, 0.3) is 0 Å². The van der Waals surface area contributed by atoms with Gasteiger partial charge in [-0.3, -0.25) is 9.69 Å². The van der Waals surface area contributed by atoms with Crippen molar-refractivity contribution in [2.75, 3.05) is 0 Å². The number of carboxylic acids is 1. The van der Waals surface area contributed by atoms with Gasteiger partial charge in [-0.25, -0.2) is 4.79 Å². The first-order valence-corrected chi connectivity index (χ1v) is 12.9. The third kappa shape index (κ3) is 7.40. The first-order chi connectivity index (χ1) is 18.5. The van der Waals surface area contributed by atoms with E-state index in [0.29, 0.717) is 25.1 Å². The number of esters is 1. The Labute approximate surface area is 224 Å². The van der Waals surface area contributed by atoms with Crippen molar-refractivity contribution in [3.05, 3.63) is 143 Å². The van der Waals surface area contributed by atoms with E-state index in [1.807, 2.05) is 110 Å². The molecular weight excluding hydrogens is 474 g/mol. The molecule has 0 aromatic heterocycles. The van der Waals surface area contributed by atoms with Gasteiger partial charge in [-0.1, -0.05) is 116 Å². The molecule has 5 nitrogen and oxygen atoms in total. The van der Waals surface area contributed by atoms with Crippen LogP contribution < -0.4 is 0 Å². The molecule has 0 amide bonds. The zero-order chi connectivity index (χ0) is 26.7. The molecule has 4 rings (SSSR count). The maximum absolute atomic E-state index is 13.7. The van der Waals surface area contributed by atoms with Crippen LogP contribution in [0.15, 0.2) is 115 Å². The highest BCUT2D eigenvalue weighted by atomic mass is 16.5. The van der Waals surface area contributed by atoms with E-state index in [2.05, 4.69) is 4.90 Å². The second-order valence-corrected chi connectivity index (χ2v) is 9.51. The predicted octanol–water partition coefficient (Wildman–Crippen LogP) is 6.69. The largest absolute Gasteiger partial charge is 0.478 e. The van der Waals surface area contributed by atoms with Crippen molar-refractivity contribution in [3.8, 4) is 0 Å². The van der Waals surface area contributed by atoms with E-state index in [4.69, 9.17) is 4.74 Å². The molecule has 1 N–H and O–H groups in total. The van der Waals surface area contributed by atoms with Gasteiger partial charge in [-0.05, 0) is 40.7 Å². The number of carboxylic acid groups (broad SMARTS) is 1. The lowest BCUT2D eigenvalue weighted by Gasteiger charge is -2.32.